The lowest BCUT2D eigenvalue weighted by atomic mass is 9.54. The summed E-state index contributed by atoms with van der Waals surface area (Å²) in [5.74, 6) is -1.82. The molecule has 1 aromatic carbocycles. The Morgan fingerprint density at radius 1 is 1.12 bits per heavy atom. The lowest BCUT2D eigenvalue weighted by Gasteiger charge is -2.49. The average molecular weight is 346 g/mol. The van der Waals surface area contributed by atoms with E-state index in [1.165, 1.54) is 6.07 Å². The number of phenols is 2. The summed E-state index contributed by atoms with van der Waals surface area (Å²) in [6.07, 6.45) is 2.41. The maximum atomic E-state index is 12.9. The number of carbonyl (C=O) groups is 1. The third-order valence-corrected chi connectivity index (χ3v) is 6.06. The summed E-state index contributed by atoms with van der Waals surface area (Å²) in [6, 6.07) is 1.51. The smallest absolute Gasteiger partial charge is 0.227 e. The molecule has 1 fully saturated rings. The molecule has 0 amide bonds. The molecular formula is C20H26O5. The highest BCUT2D eigenvalue weighted by Gasteiger charge is 2.52. The zero-order valence-corrected chi connectivity index (χ0v) is 15.2. The molecule has 4 N–H and O–H groups in total. The minimum absolute atomic E-state index is 0.215. The van der Waals surface area contributed by atoms with E-state index in [1.54, 1.807) is 6.92 Å². The highest BCUT2D eigenvalue weighted by Crippen LogP contribution is 2.59. The first-order chi connectivity index (χ1) is 11.6. The zero-order chi connectivity index (χ0) is 18.7. The highest BCUT2D eigenvalue weighted by molar-refractivity contribution is 6.11. The molecular weight excluding hydrogens is 320 g/mol. The summed E-state index contributed by atoms with van der Waals surface area (Å²) < 4.78 is 0. The molecule has 1 saturated carbocycles. The molecule has 0 radical (unpaired) electrons. The summed E-state index contributed by atoms with van der Waals surface area (Å²) in [5.41, 5.74) is 0.473. The molecule has 0 bridgehead atoms. The number of ketones is 1. The molecule has 2 aliphatic carbocycles. The Bertz CT molecular complexity index is 790. The van der Waals surface area contributed by atoms with Crippen LogP contribution in [0.1, 0.15) is 74.4 Å². The maximum Gasteiger partial charge on any atom is 0.227 e. The van der Waals surface area contributed by atoms with Crippen LogP contribution < -0.4 is 0 Å². The number of benzene rings is 1. The number of aliphatic hydroxyl groups is 2. The van der Waals surface area contributed by atoms with E-state index < -0.39 is 17.1 Å². The van der Waals surface area contributed by atoms with Crippen molar-refractivity contribution in [2.24, 2.45) is 5.41 Å². The molecule has 0 heterocycles. The monoisotopic (exact) mass is 346 g/mol. The fourth-order valence-electron chi connectivity index (χ4n) is 4.84. The minimum atomic E-state index is -0.711. The second-order valence-corrected chi connectivity index (χ2v) is 8.29. The van der Waals surface area contributed by atoms with Gasteiger partial charge in [-0.05, 0) is 29.9 Å². The fraction of sp³-hybridized carbons (Fsp3) is 0.550. The van der Waals surface area contributed by atoms with Gasteiger partial charge in [0.15, 0.2) is 17.3 Å². The van der Waals surface area contributed by atoms with Gasteiger partial charge < -0.3 is 20.4 Å². The number of hydrogen-bond donors (Lipinski definition) is 4. The second kappa shape index (κ2) is 5.49. The van der Waals surface area contributed by atoms with Gasteiger partial charge in [0.2, 0.25) is 5.78 Å². The van der Waals surface area contributed by atoms with Crippen molar-refractivity contribution in [3.8, 4) is 11.5 Å². The Morgan fingerprint density at radius 3 is 2.36 bits per heavy atom. The van der Waals surface area contributed by atoms with Gasteiger partial charge in [0.1, 0.15) is 0 Å². The van der Waals surface area contributed by atoms with E-state index in [2.05, 4.69) is 0 Å². The molecule has 0 spiro atoms. The van der Waals surface area contributed by atoms with E-state index in [0.29, 0.717) is 23.1 Å². The molecule has 5 nitrogen and oxygen atoms in total. The summed E-state index contributed by atoms with van der Waals surface area (Å²) in [4.78, 5) is 12.9. The Morgan fingerprint density at radius 2 is 1.76 bits per heavy atom. The number of aromatic hydroxyl groups is 2. The molecule has 2 aliphatic rings. The number of allylic oxidation sites excluding steroid dienone is 2. The number of phenolic OH excluding ortho intramolecular Hbond substituents is 2. The Labute approximate surface area is 147 Å². The van der Waals surface area contributed by atoms with E-state index in [9.17, 15) is 25.2 Å². The molecule has 1 unspecified atom stereocenters. The summed E-state index contributed by atoms with van der Waals surface area (Å²) >= 11 is 0. The van der Waals surface area contributed by atoms with Crippen LogP contribution in [0.25, 0.3) is 0 Å². The average Bonchev–Trinajstić information content (AvgIpc) is 2.53. The Kier molecular flexibility index (Phi) is 3.91. The van der Waals surface area contributed by atoms with Gasteiger partial charge in [-0.3, -0.25) is 4.79 Å². The maximum absolute atomic E-state index is 12.9. The quantitative estimate of drug-likeness (QED) is 0.613. The van der Waals surface area contributed by atoms with Crippen LogP contribution in [0.2, 0.25) is 0 Å². The predicted octanol–water partition coefficient (Wildman–Crippen LogP) is 3.67. The van der Waals surface area contributed by atoms with Crippen molar-refractivity contribution in [2.45, 2.75) is 58.3 Å². The molecule has 136 valence electrons. The Hall–Kier alpha value is -2.01. The topological polar surface area (TPSA) is 98.0 Å². The van der Waals surface area contributed by atoms with Gasteiger partial charge >= 0.3 is 0 Å². The SMILES string of the molecule is CC(CO)c1cc2c(c(O)c1O)[C@@]1(C)CCCC(C)(C)C1=C(O)C2=O. The number of hydrogen-bond acceptors (Lipinski definition) is 5. The normalized spacial score (nSPS) is 26.2. The van der Waals surface area contributed by atoms with Crippen molar-refractivity contribution in [3.05, 3.63) is 34.1 Å². The van der Waals surface area contributed by atoms with E-state index in [0.717, 1.165) is 12.8 Å². The van der Waals surface area contributed by atoms with Crippen LogP contribution in [0.5, 0.6) is 11.5 Å². The van der Waals surface area contributed by atoms with E-state index in [1.807, 2.05) is 20.8 Å². The van der Waals surface area contributed by atoms with Gasteiger partial charge in [0.25, 0.3) is 0 Å². The van der Waals surface area contributed by atoms with Crippen molar-refractivity contribution in [3.63, 3.8) is 0 Å². The number of rotatable bonds is 2. The van der Waals surface area contributed by atoms with Crippen LogP contribution in [0.15, 0.2) is 17.4 Å². The van der Waals surface area contributed by atoms with Gasteiger partial charge in [-0.2, -0.15) is 0 Å². The van der Waals surface area contributed by atoms with Crippen LogP contribution >= 0.6 is 0 Å². The van der Waals surface area contributed by atoms with Crippen molar-refractivity contribution < 1.29 is 25.2 Å². The van der Waals surface area contributed by atoms with Crippen LogP contribution in [0.3, 0.4) is 0 Å². The lowest BCUT2D eigenvalue weighted by molar-refractivity contribution is 0.0938. The van der Waals surface area contributed by atoms with Crippen LogP contribution in [-0.4, -0.2) is 32.8 Å². The molecule has 0 saturated heterocycles. The lowest BCUT2D eigenvalue weighted by Crippen LogP contribution is -2.43. The summed E-state index contributed by atoms with van der Waals surface area (Å²) in [5, 5.41) is 41.3. The molecule has 25 heavy (non-hydrogen) atoms. The third-order valence-electron chi connectivity index (χ3n) is 6.06. The van der Waals surface area contributed by atoms with Crippen LogP contribution in [0.4, 0.5) is 0 Å². The van der Waals surface area contributed by atoms with E-state index >= 15 is 0 Å². The van der Waals surface area contributed by atoms with Crippen molar-refractivity contribution in [1.29, 1.82) is 0 Å². The van der Waals surface area contributed by atoms with Crippen molar-refractivity contribution >= 4 is 5.78 Å². The first-order valence-electron chi connectivity index (χ1n) is 8.75. The van der Waals surface area contributed by atoms with E-state index in [-0.39, 0.29) is 34.8 Å². The Balaban J connectivity index is 2.36. The first kappa shape index (κ1) is 17.8. The molecule has 2 atom stereocenters. The predicted molar refractivity (Wildman–Crippen MR) is 94.2 cm³/mol. The summed E-state index contributed by atoms with van der Waals surface area (Å²) in [7, 11) is 0. The summed E-state index contributed by atoms with van der Waals surface area (Å²) in [6.45, 7) is 7.37. The van der Waals surface area contributed by atoms with Crippen molar-refractivity contribution in [2.75, 3.05) is 6.61 Å². The number of carbonyl (C=O) groups excluding carboxylic acids is 1. The molecule has 1 aromatic rings. The minimum Gasteiger partial charge on any atom is -0.504 e. The number of Topliss-reactive ketones (excluding diaryl/α,β-unsaturated/α-hetero) is 1. The van der Waals surface area contributed by atoms with Crippen LogP contribution in [0, 0.1) is 5.41 Å². The van der Waals surface area contributed by atoms with Gasteiger partial charge in [0.05, 0.1) is 0 Å². The zero-order valence-electron chi connectivity index (χ0n) is 15.2. The highest BCUT2D eigenvalue weighted by atomic mass is 16.3. The third kappa shape index (κ3) is 2.29. The fourth-order valence-corrected chi connectivity index (χ4v) is 4.84. The van der Waals surface area contributed by atoms with Crippen molar-refractivity contribution in [1.82, 2.24) is 0 Å². The first-order valence-corrected chi connectivity index (χ1v) is 8.75. The largest absolute Gasteiger partial charge is 0.504 e. The molecule has 5 heteroatoms. The van der Waals surface area contributed by atoms with Crippen LogP contribution in [-0.2, 0) is 5.41 Å². The standard InChI is InChI=1S/C20H26O5/c1-10(9-21)11-8-12-13(16(24)14(11)22)20(4)7-5-6-19(2,3)18(20)17(25)15(12)23/h8,10,21-22,24-25H,5-7,9H2,1-4H3/t10?,20-/m1/s1. The van der Waals surface area contributed by atoms with Gasteiger partial charge in [0, 0.05) is 34.6 Å². The van der Waals surface area contributed by atoms with Gasteiger partial charge in [-0.25, -0.2) is 0 Å². The number of aliphatic hydroxyl groups excluding tert-OH is 2. The van der Waals surface area contributed by atoms with Gasteiger partial charge in [-0.15, -0.1) is 0 Å². The molecule has 0 aliphatic heterocycles. The molecule has 0 aromatic heterocycles. The van der Waals surface area contributed by atoms with E-state index in [4.69, 9.17) is 0 Å². The second-order valence-electron chi connectivity index (χ2n) is 8.29. The number of fused-ring (bicyclic) bond motifs is 3. The van der Waals surface area contributed by atoms with Gasteiger partial charge in [-0.1, -0.05) is 34.1 Å². The molecule has 3 rings (SSSR count).